The quantitative estimate of drug-likeness (QED) is 0.609. The number of likely N-dealkylation sites (tertiary alicyclic amines) is 1. The molecular formula is C24H27F5N4O. The van der Waals surface area contributed by atoms with Crippen LogP contribution in [0.1, 0.15) is 31.2 Å². The topological polar surface area (TPSA) is 50.3 Å². The first-order valence-electron chi connectivity index (χ1n) is 11.7. The van der Waals surface area contributed by atoms with Crippen LogP contribution < -0.4 is 5.32 Å². The molecule has 1 aromatic heterocycles. The molecule has 3 atom stereocenters. The summed E-state index contributed by atoms with van der Waals surface area (Å²) in [4.78, 5) is 2.49. The maximum atomic E-state index is 14.1. The van der Waals surface area contributed by atoms with Crippen LogP contribution in [0.4, 0.5) is 27.8 Å². The highest BCUT2D eigenvalue weighted by atomic mass is 19.4. The molecule has 3 heterocycles. The number of hydrogen-bond donors (Lipinski definition) is 1. The van der Waals surface area contributed by atoms with Gasteiger partial charge >= 0.3 is 6.18 Å². The summed E-state index contributed by atoms with van der Waals surface area (Å²) in [5, 5.41) is 10.5. The number of rotatable bonds is 5. The molecular weight excluding hydrogens is 455 g/mol. The fraction of sp³-hybridized carbons (Fsp3) is 0.583. The molecule has 34 heavy (non-hydrogen) atoms. The number of nitrogens with zero attached hydrogens (tertiary/aromatic N) is 3. The zero-order valence-corrected chi connectivity index (χ0v) is 18.6. The molecule has 5 nitrogen and oxygen atoms in total. The van der Waals surface area contributed by atoms with E-state index >= 15 is 0 Å². The van der Waals surface area contributed by atoms with Crippen LogP contribution in [0.25, 0.3) is 11.3 Å². The van der Waals surface area contributed by atoms with Gasteiger partial charge in [0.1, 0.15) is 17.2 Å². The molecule has 1 aromatic carbocycles. The van der Waals surface area contributed by atoms with Gasteiger partial charge in [0.15, 0.2) is 5.82 Å². The Morgan fingerprint density at radius 1 is 1.00 bits per heavy atom. The Kier molecular flexibility index (Phi) is 6.45. The Morgan fingerprint density at radius 3 is 2.35 bits per heavy atom. The van der Waals surface area contributed by atoms with Gasteiger partial charge in [0.2, 0.25) is 0 Å². The van der Waals surface area contributed by atoms with Gasteiger partial charge < -0.3 is 15.0 Å². The third kappa shape index (κ3) is 5.02. The number of ether oxygens (including phenoxy) is 1. The second kappa shape index (κ2) is 9.37. The molecule has 2 aliphatic heterocycles. The van der Waals surface area contributed by atoms with Crippen molar-refractivity contribution in [3.05, 3.63) is 41.5 Å². The Labute approximate surface area is 194 Å². The third-order valence-corrected chi connectivity index (χ3v) is 7.33. The number of benzene rings is 1. The van der Waals surface area contributed by atoms with Gasteiger partial charge in [-0.2, -0.15) is 13.2 Å². The summed E-state index contributed by atoms with van der Waals surface area (Å²) in [6.45, 7) is 4.67. The Hall–Kier alpha value is -2.33. The monoisotopic (exact) mass is 482 g/mol. The highest BCUT2D eigenvalue weighted by Crippen LogP contribution is 2.42. The molecule has 0 spiro atoms. The maximum absolute atomic E-state index is 14.1. The van der Waals surface area contributed by atoms with Crippen molar-refractivity contribution in [3.63, 3.8) is 0 Å². The molecule has 2 saturated heterocycles. The van der Waals surface area contributed by atoms with Crippen LogP contribution in [0.2, 0.25) is 0 Å². The van der Waals surface area contributed by atoms with E-state index in [4.69, 9.17) is 4.74 Å². The van der Waals surface area contributed by atoms with Crippen molar-refractivity contribution in [1.82, 2.24) is 15.1 Å². The number of halogens is 5. The predicted molar refractivity (Wildman–Crippen MR) is 116 cm³/mol. The number of anilines is 1. The summed E-state index contributed by atoms with van der Waals surface area (Å²) in [7, 11) is 0. The van der Waals surface area contributed by atoms with Gasteiger partial charge in [-0.3, -0.25) is 0 Å². The number of alkyl halides is 3. The molecule has 1 N–H and O–H groups in total. The molecule has 5 rings (SSSR count). The lowest BCUT2D eigenvalue weighted by Crippen LogP contribution is -2.32. The first kappa shape index (κ1) is 23.4. The Bertz CT molecular complexity index is 1010. The van der Waals surface area contributed by atoms with Crippen LogP contribution in [0.15, 0.2) is 24.3 Å². The molecule has 3 aliphatic rings. The van der Waals surface area contributed by atoms with Crippen molar-refractivity contribution >= 4 is 5.82 Å². The summed E-state index contributed by atoms with van der Waals surface area (Å²) in [6, 6.07) is 3.30. The van der Waals surface area contributed by atoms with Crippen molar-refractivity contribution in [2.24, 2.45) is 17.8 Å². The van der Waals surface area contributed by atoms with Gasteiger partial charge in [-0.1, -0.05) is 0 Å². The number of fused-ring (bicyclic) bond motifs is 1. The van der Waals surface area contributed by atoms with Crippen LogP contribution in [-0.2, 0) is 10.9 Å². The first-order valence-corrected chi connectivity index (χ1v) is 11.7. The maximum Gasteiger partial charge on any atom is 0.420 e. The lowest BCUT2D eigenvalue weighted by molar-refractivity contribution is -0.137. The molecule has 0 unspecified atom stereocenters. The Balaban J connectivity index is 1.26. The summed E-state index contributed by atoms with van der Waals surface area (Å²) in [5.74, 6) is -0.587. The highest BCUT2D eigenvalue weighted by Gasteiger charge is 2.43. The van der Waals surface area contributed by atoms with E-state index in [0.717, 1.165) is 76.7 Å². The van der Waals surface area contributed by atoms with Crippen LogP contribution in [0.5, 0.6) is 0 Å². The average molecular weight is 482 g/mol. The SMILES string of the molecule is Fc1ccc(-c2cc(C(F)(F)F)c(N[C@H]3C[C@@H]4CN(CC5CCOCC5)C[C@@H]4C3)nn2)c(F)c1. The summed E-state index contributed by atoms with van der Waals surface area (Å²) >= 11 is 0. The predicted octanol–water partition coefficient (Wildman–Crippen LogP) is 4.99. The third-order valence-electron chi connectivity index (χ3n) is 7.33. The first-order chi connectivity index (χ1) is 16.3. The van der Waals surface area contributed by atoms with Crippen LogP contribution in [0, 0.1) is 29.4 Å². The average Bonchev–Trinajstić information content (AvgIpc) is 3.32. The molecule has 0 bridgehead atoms. The lowest BCUT2D eigenvalue weighted by atomic mass is 10.00. The van der Waals surface area contributed by atoms with Gasteiger partial charge in [0.25, 0.3) is 0 Å². The standard InChI is InChI=1S/C24H27F5N4O/c25-17-1-2-19(21(26)9-17)22-10-20(24(27,28)29)23(32-31-22)30-18-7-15-12-33(13-16(15)8-18)11-14-3-5-34-6-4-14/h1-2,9-10,14-16,18H,3-8,11-13H2,(H,30,32)/t15-,16+,18+. The minimum atomic E-state index is -4.70. The molecule has 2 aromatic rings. The van der Waals surface area contributed by atoms with Crippen LogP contribution >= 0.6 is 0 Å². The van der Waals surface area contributed by atoms with Crippen molar-refractivity contribution in [2.75, 3.05) is 38.2 Å². The van der Waals surface area contributed by atoms with Crippen molar-refractivity contribution in [3.8, 4) is 11.3 Å². The fourth-order valence-electron chi connectivity index (χ4n) is 5.69. The van der Waals surface area contributed by atoms with E-state index in [1.807, 2.05) is 0 Å². The van der Waals surface area contributed by atoms with Crippen molar-refractivity contribution in [1.29, 1.82) is 0 Å². The van der Waals surface area contributed by atoms with Crippen molar-refractivity contribution < 1.29 is 26.7 Å². The molecule has 1 aliphatic carbocycles. The molecule has 184 valence electrons. The van der Waals surface area contributed by atoms with E-state index < -0.39 is 23.4 Å². The summed E-state index contributed by atoms with van der Waals surface area (Å²) in [5.41, 5.74) is -1.52. The Morgan fingerprint density at radius 2 is 1.71 bits per heavy atom. The van der Waals surface area contributed by atoms with Crippen molar-refractivity contribution in [2.45, 2.75) is 37.9 Å². The normalized spacial score (nSPS) is 26.1. The number of nitrogens with one attached hydrogen (secondary N) is 1. The minimum Gasteiger partial charge on any atom is -0.381 e. The van der Waals surface area contributed by atoms with E-state index in [-0.39, 0.29) is 23.1 Å². The highest BCUT2D eigenvalue weighted by molar-refractivity contribution is 5.63. The summed E-state index contributed by atoms with van der Waals surface area (Å²) < 4.78 is 74.1. The minimum absolute atomic E-state index is 0.121. The van der Waals surface area contributed by atoms with E-state index in [1.54, 1.807) is 0 Å². The van der Waals surface area contributed by atoms with E-state index in [1.165, 1.54) is 0 Å². The largest absolute Gasteiger partial charge is 0.420 e. The zero-order valence-electron chi connectivity index (χ0n) is 18.6. The fourth-order valence-corrected chi connectivity index (χ4v) is 5.69. The van der Waals surface area contributed by atoms with E-state index in [0.29, 0.717) is 23.8 Å². The molecule has 3 fully saturated rings. The van der Waals surface area contributed by atoms with E-state index in [9.17, 15) is 22.0 Å². The second-order valence-electron chi connectivity index (χ2n) is 9.72. The molecule has 0 amide bonds. The van der Waals surface area contributed by atoms with E-state index in [2.05, 4.69) is 20.4 Å². The zero-order chi connectivity index (χ0) is 23.9. The van der Waals surface area contributed by atoms with Crippen LogP contribution in [0.3, 0.4) is 0 Å². The molecule has 1 saturated carbocycles. The molecule has 10 heteroatoms. The lowest BCUT2D eigenvalue weighted by Gasteiger charge is -2.28. The summed E-state index contributed by atoms with van der Waals surface area (Å²) in [6.07, 6.45) is -0.956. The van der Waals surface area contributed by atoms with Gasteiger partial charge in [0.05, 0.1) is 5.69 Å². The van der Waals surface area contributed by atoms with Gasteiger partial charge in [-0.05, 0) is 61.6 Å². The van der Waals surface area contributed by atoms with Crippen LogP contribution in [-0.4, -0.2) is 54.0 Å². The van der Waals surface area contributed by atoms with Gasteiger partial charge in [-0.25, -0.2) is 8.78 Å². The van der Waals surface area contributed by atoms with Gasteiger partial charge in [0, 0.05) is 50.5 Å². The number of aromatic nitrogens is 2. The number of hydrogen-bond acceptors (Lipinski definition) is 5. The van der Waals surface area contributed by atoms with Gasteiger partial charge in [-0.15, -0.1) is 10.2 Å². The second-order valence-corrected chi connectivity index (χ2v) is 9.72. The molecule has 0 radical (unpaired) electrons. The smallest absolute Gasteiger partial charge is 0.381 e.